The number of phenolic OH excluding ortho intramolecular Hbond substituents is 1. The predicted octanol–water partition coefficient (Wildman–Crippen LogP) is 5.96. The van der Waals surface area contributed by atoms with Gasteiger partial charge in [-0.25, -0.2) is 4.39 Å². The molecule has 2 aliphatic heterocycles. The van der Waals surface area contributed by atoms with Gasteiger partial charge in [0.2, 0.25) is 11.8 Å². The van der Waals surface area contributed by atoms with Gasteiger partial charge >= 0.3 is 0 Å². The minimum Gasteiger partial charge on any atom is -0.504 e. The number of benzene rings is 3. The van der Waals surface area contributed by atoms with E-state index in [1.54, 1.807) is 43.3 Å². The molecule has 47 heavy (non-hydrogen) atoms. The zero-order chi connectivity index (χ0) is 33.4. The van der Waals surface area contributed by atoms with E-state index in [0.29, 0.717) is 31.9 Å². The van der Waals surface area contributed by atoms with Crippen molar-refractivity contribution in [3.8, 4) is 11.5 Å². The summed E-state index contributed by atoms with van der Waals surface area (Å²) in [6.45, 7) is 1.98. The summed E-state index contributed by atoms with van der Waals surface area (Å²) in [4.78, 5) is 58.2. The topological polar surface area (TPSA) is 116 Å². The molecule has 2 saturated heterocycles. The number of aromatic hydroxyl groups is 1. The number of amides is 4. The highest BCUT2D eigenvalue weighted by molar-refractivity contribution is 9.10. The van der Waals surface area contributed by atoms with Crippen LogP contribution >= 0.6 is 27.5 Å². The molecule has 4 aliphatic rings. The molecular weight excluding hydrogens is 693 g/mol. The zero-order valence-electron chi connectivity index (χ0n) is 25.4. The van der Waals surface area contributed by atoms with Crippen molar-refractivity contribution in [2.75, 3.05) is 19.1 Å². The summed E-state index contributed by atoms with van der Waals surface area (Å²) >= 11 is 9.85. The predicted molar refractivity (Wildman–Crippen MR) is 174 cm³/mol. The number of ether oxygens (including phenoxy) is 1. The van der Waals surface area contributed by atoms with E-state index in [2.05, 4.69) is 21.4 Å². The molecule has 0 spiro atoms. The number of fused-ring (bicyclic) bond motifs is 4. The van der Waals surface area contributed by atoms with Gasteiger partial charge in [-0.2, -0.15) is 5.01 Å². The first-order valence-electron chi connectivity index (χ1n) is 15.3. The molecule has 3 aromatic rings. The number of rotatable bonds is 6. The number of likely N-dealkylation sites (tertiary alicyclic amines) is 1. The number of carbonyl (C=O) groups excluding carboxylic acids is 4. The number of phenols is 1. The third-order valence-electron chi connectivity index (χ3n) is 10.3. The highest BCUT2D eigenvalue weighted by atomic mass is 79.9. The molecule has 1 saturated carbocycles. The second kappa shape index (κ2) is 11.5. The monoisotopic (exact) mass is 721 g/mol. The molecular formula is C35H30BrClFN3O6. The molecule has 2 N–H and O–H groups in total. The lowest BCUT2D eigenvalue weighted by Gasteiger charge is -2.50. The Morgan fingerprint density at radius 1 is 1.02 bits per heavy atom. The Kier molecular flexibility index (Phi) is 7.67. The summed E-state index contributed by atoms with van der Waals surface area (Å²) in [5.74, 6) is -6.13. The van der Waals surface area contributed by atoms with Gasteiger partial charge in [0.1, 0.15) is 5.82 Å². The van der Waals surface area contributed by atoms with Crippen LogP contribution in [0.5, 0.6) is 11.5 Å². The van der Waals surface area contributed by atoms with Crippen molar-refractivity contribution >= 4 is 56.8 Å². The van der Waals surface area contributed by atoms with Crippen molar-refractivity contribution in [1.29, 1.82) is 0 Å². The van der Waals surface area contributed by atoms with E-state index in [4.69, 9.17) is 16.3 Å². The largest absolute Gasteiger partial charge is 0.504 e. The molecule has 0 unspecified atom stereocenters. The number of nitrogens with one attached hydrogen (secondary N) is 1. The van der Waals surface area contributed by atoms with E-state index in [9.17, 15) is 23.9 Å². The van der Waals surface area contributed by atoms with Crippen LogP contribution in [0, 0.1) is 29.5 Å². The molecule has 3 aromatic carbocycles. The Bertz CT molecular complexity index is 1870. The summed E-state index contributed by atoms with van der Waals surface area (Å²) in [5, 5.41) is 13.1. The first kappa shape index (κ1) is 31.4. The van der Waals surface area contributed by atoms with E-state index in [1.807, 2.05) is 6.08 Å². The number of nitrogens with zero attached hydrogens (tertiary/aromatic N) is 2. The normalized spacial score (nSPS) is 28.2. The van der Waals surface area contributed by atoms with Crippen LogP contribution in [0.3, 0.4) is 0 Å². The summed E-state index contributed by atoms with van der Waals surface area (Å²) in [7, 11) is 1.41. The molecule has 2 heterocycles. The first-order valence-corrected chi connectivity index (χ1v) is 16.5. The van der Waals surface area contributed by atoms with Gasteiger partial charge in [0.25, 0.3) is 11.8 Å². The van der Waals surface area contributed by atoms with Gasteiger partial charge in [0, 0.05) is 27.5 Å². The second-order valence-electron chi connectivity index (χ2n) is 12.3. The maximum absolute atomic E-state index is 15.1. The van der Waals surface area contributed by atoms with Crippen molar-refractivity contribution in [2.24, 2.45) is 23.7 Å². The molecule has 2 aliphatic carbocycles. The smallest absolute Gasteiger partial charge is 0.260 e. The fraction of sp³-hybridized carbons (Fsp3) is 0.314. The molecule has 0 aromatic heterocycles. The number of methoxy groups -OCH3 is 1. The average molecular weight is 723 g/mol. The summed E-state index contributed by atoms with van der Waals surface area (Å²) in [6.07, 6.45) is 2.27. The lowest BCUT2D eigenvalue weighted by molar-refractivity contribution is -0.141. The quantitative estimate of drug-likeness (QED) is 0.238. The Morgan fingerprint density at radius 3 is 2.38 bits per heavy atom. The van der Waals surface area contributed by atoms with Gasteiger partial charge in [-0.3, -0.25) is 29.5 Å². The minimum absolute atomic E-state index is 0.0980. The van der Waals surface area contributed by atoms with Crippen LogP contribution in [0.15, 0.2) is 76.8 Å². The van der Waals surface area contributed by atoms with Gasteiger partial charge in [-0.05, 0) is 79.8 Å². The lowest BCUT2D eigenvalue weighted by Crippen LogP contribution is -2.53. The zero-order valence-corrected chi connectivity index (χ0v) is 27.7. The molecule has 3 fully saturated rings. The maximum Gasteiger partial charge on any atom is 0.260 e. The van der Waals surface area contributed by atoms with Crippen LogP contribution in [0.25, 0.3) is 0 Å². The molecule has 12 heteroatoms. The van der Waals surface area contributed by atoms with Crippen molar-refractivity contribution in [1.82, 2.24) is 9.91 Å². The van der Waals surface area contributed by atoms with Crippen molar-refractivity contribution in [2.45, 2.75) is 31.1 Å². The van der Waals surface area contributed by atoms with E-state index in [-0.39, 0.29) is 42.7 Å². The third kappa shape index (κ3) is 4.53. The van der Waals surface area contributed by atoms with Crippen LogP contribution in [0.4, 0.5) is 10.1 Å². The Hall–Kier alpha value is -4.22. The Labute approximate surface area is 283 Å². The van der Waals surface area contributed by atoms with Crippen molar-refractivity contribution in [3.05, 3.63) is 98.8 Å². The standard InChI is InChI=1S/C35H30BrClFN3O6/c1-3-40-31(43)23-13-12-22-24(28(23)33(40)45)16-26-32(44)41(39-21-10-8-20(38)9-11-21)34(46)35(26,17-4-6-19(37)7-5-17)29(22)25-14-18(36)15-27(47-2)30(25)42/h4-12,14-15,23-24,26,28-29,39,42H,3,13,16H2,1-2H3/t23-,24+,26-,28-,29+,35+/m0/s1. The molecule has 242 valence electrons. The summed E-state index contributed by atoms with van der Waals surface area (Å²) < 4.78 is 19.9. The van der Waals surface area contributed by atoms with E-state index >= 15 is 4.79 Å². The van der Waals surface area contributed by atoms with Gasteiger partial charge in [0.15, 0.2) is 11.5 Å². The number of imide groups is 2. The first-order chi connectivity index (χ1) is 22.5. The van der Waals surface area contributed by atoms with Crippen LogP contribution in [-0.4, -0.2) is 52.3 Å². The SMILES string of the molecule is CCN1C(=O)[C@H]2[C@H](CC=C3[C@H]2C[C@H]2C(=O)N(Nc4ccc(F)cc4)C(=O)[C@@]2(c2ccc(Cl)cc2)[C@H]3c2cc(Br)cc(OC)c2O)C1=O. The molecule has 4 amide bonds. The third-order valence-corrected chi connectivity index (χ3v) is 11.0. The summed E-state index contributed by atoms with van der Waals surface area (Å²) in [6, 6.07) is 15.3. The number of allylic oxidation sites excluding steroid dienone is 2. The number of anilines is 1. The average Bonchev–Trinajstić information content (AvgIpc) is 3.43. The molecule has 6 atom stereocenters. The van der Waals surface area contributed by atoms with Gasteiger partial charge < -0.3 is 9.84 Å². The van der Waals surface area contributed by atoms with E-state index in [0.717, 1.165) is 5.01 Å². The number of carbonyl (C=O) groups is 4. The Morgan fingerprint density at radius 2 is 1.72 bits per heavy atom. The highest BCUT2D eigenvalue weighted by Crippen LogP contribution is 2.65. The summed E-state index contributed by atoms with van der Waals surface area (Å²) in [5.41, 5.74) is 3.10. The minimum atomic E-state index is -1.62. The number of hydrogen-bond donors (Lipinski definition) is 2. The van der Waals surface area contributed by atoms with E-state index < -0.39 is 52.6 Å². The molecule has 0 bridgehead atoms. The number of hydrogen-bond acceptors (Lipinski definition) is 7. The number of hydrazine groups is 1. The maximum atomic E-state index is 15.1. The van der Waals surface area contributed by atoms with Crippen LogP contribution < -0.4 is 10.2 Å². The Balaban J connectivity index is 1.50. The lowest BCUT2D eigenvalue weighted by atomic mass is 9.49. The molecule has 7 rings (SSSR count). The van der Waals surface area contributed by atoms with E-state index in [1.165, 1.54) is 36.3 Å². The fourth-order valence-corrected chi connectivity index (χ4v) is 8.93. The molecule has 9 nitrogen and oxygen atoms in total. The van der Waals surface area contributed by atoms with Crippen molar-refractivity contribution in [3.63, 3.8) is 0 Å². The van der Waals surface area contributed by atoms with Gasteiger partial charge in [-0.1, -0.05) is 51.3 Å². The highest BCUT2D eigenvalue weighted by Gasteiger charge is 2.70. The van der Waals surface area contributed by atoms with Crippen LogP contribution in [-0.2, 0) is 24.6 Å². The second-order valence-corrected chi connectivity index (χ2v) is 13.7. The van der Waals surface area contributed by atoms with Crippen LogP contribution in [0.1, 0.15) is 36.8 Å². The molecule has 0 radical (unpaired) electrons. The van der Waals surface area contributed by atoms with Gasteiger partial charge in [-0.15, -0.1) is 0 Å². The number of halogens is 3. The van der Waals surface area contributed by atoms with Crippen LogP contribution in [0.2, 0.25) is 5.02 Å². The fourth-order valence-electron chi connectivity index (χ4n) is 8.35. The van der Waals surface area contributed by atoms with Gasteiger partial charge in [0.05, 0.1) is 36.0 Å². The van der Waals surface area contributed by atoms with Crippen molar-refractivity contribution < 1.29 is 33.4 Å².